The molecule has 1 heterocycles. The smallest absolute Gasteiger partial charge is 0.222 e. The molecule has 0 bridgehead atoms. The molecule has 0 aliphatic carbocycles. The van der Waals surface area contributed by atoms with E-state index in [0.29, 0.717) is 5.88 Å². The van der Waals surface area contributed by atoms with Crippen LogP contribution in [0, 0.1) is 6.92 Å². The van der Waals surface area contributed by atoms with Gasteiger partial charge in [-0.2, -0.15) is 0 Å². The molecule has 118 valence electrons. The molecule has 3 heteroatoms. The zero-order valence-electron chi connectivity index (χ0n) is 14.1. The largest absolute Gasteiger partial charge is 0.471 e. The maximum absolute atomic E-state index is 6.06. The highest BCUT2D eigenvalue weighted by Gasteiger charge is 2.16. The number of anilines is 2. The van der Waals surface area contributed by atoms with Gasteiger partial charge in [0.1, 0.15) is 5.60 Å². The van der Waals surface area contributed by atoms with Gasteiger partial charge in [0.15, 0.2) is 0 Å². The number of ether oxygens (including phenoxy) is 1. The van der Waals surface area contributed by atoms with Gasteiger partial charge >= 0.3 is 0 Å². The minimum absolute atomic E-state index is 0.281. The molecule has 3 rings (SSSR count). The van der Waals surface area contributed by atoms with Crippen molar-refractivity contribution in [3.05, 3.63) is 60.3 Å². The van der Waals surface area contributed by atoms with Gasteiger partial charge in [-0.25, -0.2) is 4.98 Å². The first-order valence-electron chi connectivity index (χ1n) is 7.84. The first kappa shape index (κ1) is 15.3. The minimum Gasteiger partial charge on any atom is -0.471 e. The molecule has 3 aromatic rings. The molecular formula is C20H22N2O. The monoisotopic (exact) mass is 306 g/mol. The van der Waals surface area contributed by atoms with E-state index in [0.717, 1.165) is 27.8 Å². The second kappa shape index (κ2) is 5.92. The second-order valence-electron chi connectivity index (χ2n) is 6.67. The summed E-state index contributed by atoms with van der Waals surface area (Å²) in [7, 11) is 0. The van der Waals surface area contributed by atoms with Gasteiger partial charge in [0, 0.05) is 27.8 Å². The standard InChI is InChI=1S/C20H22N2O/c1-14-13-17-16(19(21-14)23-20(2,3)4)11-8-12-18(17)22-15-9-6-5-7-10-15/h5-13,22H,1-4H3. The molecule has 1 N–H and O–H groups in total. The Morgan fingerprint density at radius 3 is 2.35 bits per heavy atom. The number of aromatic nitrogens is 1. The molecule has 3 nitrogen and oxygen atoms in total. The third-order valence-corrected chi connectivity index (χ3v) is 3.42. The van der Waals surface area contributed by atoms with Crippen LogP contribution >= 0.6 is 0 Å². The predicted molar refractivity (Wildman–Crippen MR) is 96.6 cm³/mol. The summed E-state index contributed by atoms with van der Waals surface area (Å²) in [6, 6.07) is 18.4. The Morgan fingerprint density at radius 2 is 1.65 bits per heavy atom. The van der Waals surface area contributed by atoms with Gasteiger partial charge in [0.25, 0.3) is 0 Å². The Kier molecular flexibility index (Phi) is 3.95. The summed E-state index contributed by atoms with van der Waals surface area (Å²) in [5.41, 5.74) is 2.78. The van der Waals surface area contributed by atoms with Crippen LogP contribution < -0.4 is 10.1 Å². The summed E-state index contributed by atoms with van der Waals surface area (Å²) >= 11 is 0. The zero-order chi connectivity index (χ0) is 16.4. The minimum atomic E-state index is -0.281. The molecule has 23 heavy (non-hydrogen) atoms. The Balaban J connectivity index is 2.10. The van der Waals surface area contributed by atoms with Crippen LogP contribution in [-0.2, 0) is 0 Å². The molecule has 0 saturated heterocycles. The third kappa shape index (κ3) is 3.62. The summed E-state index contributed by atoms with van der Waals surface area (Å²) in [6.45, 7) is 8.10. The van der Waals surface area contributed by atoms with Crippen molar-refractivity contribution in [1.82, 2.24) is 4.98 Å². The van der Waals surface area contributed by atoms with Crippen molar-refractivity contribution in [1.29, 1.82) is 0 Å². The molecule has 0 atom stereocenters. The van der Waals surface area contributed by atoms with Gasteiger partial charge in [0.2, 0.25) is 5.88 Å². The molecular weight excluding hydrogens is 284 g/mol. The fourth-order valence-corrected chi connectivity index (χ4v) is 2.52. The number of fused-ring (bicyclic) bond motifs is 1. The van der Waals surface area contributed by atoms with Gasteiger partial charge in [-0.05, 0) is 58.0 Å². The van der Waals surface area contributed by atoms with Crippen LogP contribution in [0.3, 0.4) is 0 Å². The van der Waals surface area contributed by atoms with Gasteiger partial charge in [-0.3, -0.25) is 0 Å². The molecule has 0 saturated carbocycles. The van der Waals surface area contributed by atoms with E-state index in [9.17, 15) is 0 Å². The summed E-state index contributed by atoms with van der Waals surface area (Å²) < 4.78 is 6.06. The first-order valence-corrected chi connectivity index (χ1v) is 7.84. The van der Waals surface area contributed by atoms with E-state index in [1.54, 1.807) is 0 Å². The molecule has 0 amide bonds. The number of nitrogens with zero attached hydrogens (tertiary/aromatic N) is 1. The van der Waals surface area contributed by atoms with E-state index in [4.69, 9.17) is 4.74 Å². The van der Waals surface area contributed by atoms with E-state index >= 15 is 0 Å². The highest BCUT2D eigenvalue weighted by atomic mass is 16.5. The van der Waals surface area contributed by atoms with Crippen LogP contribution in [0.5, 0.6) is 5.88 Å². The number of hydrogen-bond acceptors (Lipinski definition) is 3. The molecule has 0 radical (unpaired) electrons. The highest BCUT2D eigenvalue weighted by molar-refractivity contribution is 5.98. The molecule has 0 unspecified atom stereocenters. The summed E-state index contributed by atoms with van der Waals surface area (Å²) in [4.78, 5) is 4.58. The SMILES string of the molecule is Cc1cc2c(Nc3ccccc3)cccc2c(OC(C)(C)C)n1. The normalized spacial score (nSPS) is 11.5. The summed E-state index contributed by atoms with van der Waals surface area (Å²) in [6.07, 6.45) is 0. The fourth-order valence-electron chi connectivity index (χ4n) is 2.52. The lowest BCUT2D eigenvalue weighted by Crippen LogP contribution is -2.23. The van der Waals surface area contributed by atoms with Crippen molar-refractivity contribution in [2.45, 2.75) is 33.3 Å². The number of pyridine rings is 1. The number of para-hydroxylation sites is 1. The highest BCUT2D eigenvalue weighted by Crippen LogP contribution is 2.33. The van der Waals surface area contributed by atoms with Crippen LogP contribution in [0.2, 0.25) is 0 Å². The predicted octanol–water partition coefficient (Wildman–Crippen LogP) is 5.46. The van der Waals surface area contributed by atoms with Gasteiger partial charge < -0.3 is 10.1 Å². The van der Waals surface area contributed by atoms with Crippen molar-refractivity contribution in [2.75, 3.05) is 5.32 Å². The Hall–Kier alpha value is -2.55. The van der Waals surface area contributed by atoms with E-state index in [-0.39, 0.29) is 5.60 Å². The second-order valence-corrected chi connectivity index (χ2v) is 6.67. The molecule has 0 fully saturated rings. The van der Waals surface area contributed by atoms with Gasteiger partial charge in [-0.15, -0.1) is 0 Å². The van der Waals surface area contributed by atoms with Crippen LogP contribution in [0.25, 0.3) is 10.8 Å². The summed E-state index contributed by atoms with van der Waals surface area (Å²) in [5, 5.41) is 5.61. The van der Waals surface area contributed by atoms with E-state index < -0.39 is 0 Å². The van der Waals surface area contributed by atoms with Crippen molar-refractivity contribution in [2.24, 2.45) is 0 Å². The van der Waals surface area contributed by atoms with E-state index in [2.05, 4.69) is 40.6 Å². The fraction of sp³-hybridized carbons (Fsp3) is 0.250. The maximum Gasteiger partial charge on any atom is 0.222 e. The molecule has 0 aliphatic rings. The van der Waals surface area contributed by atoms with Crippen molar-refractivity contribution < 1.29 is 4.74 Å². The number of benzene rings is 2. The number of hydrogen-bond donors (Lipinski definition) is 1. The Labute approximate surface area is 137 Å². The number of rotatable bonds is 3. The molecule has 2 aromatic carbocycles. The lowest BCUT2D eigenvalue weighted by atomic mass is 10.1. The Bertz CT molecular complexity index is 820. The first-order chi connectivity index (χ1) is 10.9. The molecule has 0 spiro atoms. The van der Waals surface area contributed by atoms with Gasteiger partial charge in [-0.1, -0.05) is 24.3 Å². The van der Waals surface area contributed by atoms with Crippen molar-refractivity contribution in [3.63, 3.8) is 0 Å². The molecule has 0 aliphatic heterocycles. The van der Waals surface area contributed by atoms with E-state index in [1.807, 2.05) is 52.0 Å². The maximum atomic E-state index is 6.06. The van der Waals surface area contributed by atoms with Crippen LogP contribution in [-0.4, -0.2) is 10.6 Å². The van der Waals surface area contributed by atoms with Crippen LogP contribution in [0.15, 0.2) is 54.6 Å². The molecule has 1 aromatic heterocycles. The van der Waals surface area contributed by atoms with Crippen molar-refractivity contribution >= 4 is 22.1 Å². The average molecular weight is 306 g/mol. The number of aryl methyl sites for hydroxylation is 1. The van der Waals surface area contributed by atoms with Crippen molar-refractivity contribution in [3.8, 4) is 5.88 Å². The lowest BCUT2D eigenvalue weighted by molar-refractivity contribution is 0.126. The average Bonchev–Trinajstić information content (AvgIpc) is 2.47. The Morgan fingerprint density at radius 1 is 0.913 bits per heavy atom. The lowest BCUT2D eigenvalue weighted by Gasteiger charge is -2.22. The van der Waals surface area contributed by atoms with E-state index in [1.165, 1.54) is 0 Å². The quantitative estimate of drug-likeness (QED) is 0.697. The van der Waals surface area contributed by atoms with Gasteiger partial charge in [0.05, 0.1) is 0 Å². The zero-order valence-corrected chi connectivity index (χ0v) is 14.1. The van der Waals surface area contributed by atoms with Crippen LogP contribution in [0.1, 0.15) is 26.5 Å². The third-order valence-electron chi connectivity index (χ3n) is 3.42. The summed E-state index contributed by atoms with van der Waals surface area (Å²) in [5.74, 6) is 0.684. The van der Waals surface area contributed by atoms with Crippen LogP contribution in [0.4, 0.5) is 11.4 Å². The number of nitrogens with one attached hydrogen (secondary N) is 1. The topological polar surface area (TPSA) is 34.1 Å².